The molecular weight excluding hydrogens is 312 g/mol. The van der Waals surface area contributed by atoms with Gasteiger partial charge in [-0.15, -0.1) is 0 Å². The van der Waals surface area contributed by atoms with Crippen molar-refractivity contribution in [2.24, 2.45) is 0 Å². The molecule has 6 nitrogen and oxygen atoms in total. The first kappa shape index (κ1) is 15.7. The summed E-state index contributed by atoms with van der Waals surface area (Å²) in [6, 6.07) is 9.92. The van der Waals surface area contributed by atoms with E-state index in [0.717, 1.165) is 0 Å². The summed E-state index contributed by atoms with van der Waals surface area (Å²) in [7, 11) is 4.50. The van der Waals surface area contributed by atoms with Crippen molar-refractivity contribution < 1.29 is 23.7 Å². The Morgan fingerprint density at radius 2 is 1.58 bits per heavy atom. The van der Waals surface area contributed by atoms with Crippen molar-refractivity contribution in [2.75, 3.05) is 21.3 Å². The molecule has 0 spiro atoms. The van der Waals surface area contributed by atoms with E-state index in [0.29, 0.717) is 22.8 Å². The van der Waals surface area contributed by atoms with Gasteiger partial charge in [0.05, 0.1) is 26.7 Å². The summed E-state index contributed by atoms with van der Waals surface area (Å²) in [5.74, 6) is 1.03. The van der Waals surface area contributed by atoms with E-state index >= 15 is 0 Å². The van der Waals surface area contributed by atoms with Crippen LogP contribution >= 0.6 is 0 Å². The monoisotopic (exact) mass is 328 g/mol. The normalized spacial score (nSPS) is 10.6. The van der Waals surface area contributed by atoms with E-state index < -0.39 is 11.2 Å². The van der Waals surface area contributed by atoms with Crippen LogP contribution in [0.4, 0.5) is 0 Å². The van der Waals surface area contributed by atoms with Crippen LogP contribution in [0.25, 0.3) is 22.3 Å². The third-order valence-electron chi connectivity index (χ3n) is 3.72. The van der Waals surface area contributed by atoms with Crippen molar-refractivity contribution in [3.05, 3.63) is 46.6 Å². The molecule has 1 heterocycles. The van der Waals surface area contributed by atoms with Gasteiger partial charge in [0, 0.05) is 11.6 Å². The zero-order chi connectivity index (χ0) is 17.3. The lowest BCUT2D eigenvalue weighted by Gasteiger charge is -2.11. The van der Waals surface area contributed by atoms with E-state index in [4.69, 9.17) is 18.6 Å². The predicted molar refractivity (Wildman–Crippen MR) is 89.2 cm³/mol. The van der Waals surface area contributed by atoms with Crippen molar-refractivity contribution in [1.82, 2.24) is 0 Å². The SMILES string of the molecule is COc1ccc(-c2oc3c(OC)cc(OC)cc3c(=O)c2O)cc1. The summed E-state index contributed by atoms with van der Waals surface area (Å²) >= 11 is 0. The molecule has 0 aliphatic heterocycles. The van der Waals surface area contributed by atoms with Gasteiger partial charge in [0.15, 0.2) is 17.1 Å². The maximum atomic E-state index is 12.5. The fourth-order valence-corrected chi connectivity index (χ4v) is 2.44. The number of rotatable bonds is 4. The Kier molecular flexibility index (Phi) is 4.04. The van der Waals surface area contributed by atoms with Crippen LogP contribution in [0.3, 0.4) is 0 Å². The average molecular weight is 328 g/mol. The highest BCUT2D eigenvalue weighted by atomic mass is 16.5. The molecule has 0 saturated carbocycles. The van der Waals surface area contributed by atoms with Crippen molar-refractivity contribution in [3.63, 3.8) is 0 Å². The fraction of sp³-hybridized carbons (Fsp3) is 0.167. The van der Waals surface area contributed by atoms with Gasteiger partial charge >= 0.3 is 0 Å². The molecule has 0 aliphatic rings. The first-order valence-electron chi connectivity index (χ1n) is 7.15. The number of ether oxygens (including phenoxy) is 3. The molecule has 2 aromatic carbocycles. The third-order valence-corrected chi connectivity index (χ3v) is 3.72. The van der Waals surface area contributed by atoms with Gasteiger partial charge in [-0.25, -0.2) is 0 Å². The summed E-state index contributed by atoms with van der Waals surface area (Å²) in [5.41, 5.74) is 0.233. The number of methoxy groups -OCH3 is 3. The lowest BCUT2D eigenvalue weighted by Crippen LogP contribution is -2.04. The highest BCUT2D eigenvalue weighted by molar-refractivity contribution is 5.87. The smallest absolute Gasteiger partial charge is 0.235 e. The molecule has 0 saturated heterocycles. The summed E-state index contributed by atoms with van der Waals surface area (Å²) in [6.07, 6.45) is 0. The molecule has 0 atom stereocenters. The zero-order valence-corrected chi connectivity index (χ0v) is 13.5. The molecule has 0 aliphatic carbocycles. The molecule has 1 N–H and O–H groups in total. The molecule has 0 amide bonds. The Labute approximate surface area is 137 Å². The number of benzene rings is 2. The average Bonchev–Trinajstić information content (AvgIpc) is 2.63. The van der Waals surface area contributed by atoms with Gasteiger partial charge in [-0.2, -0.15) is 0 Å². The Morgan fingerprint density at radius 3 is 2.17 bits per heavy atom. The maximum Gasteiger partial charge on any atom is 0.235 e. The van der Waals surface area contributed by atoms with Crippen molar-refractivity contribution in [1.29, 1.82) is 0 Å². The lowest BCUT2D eigenvalue weighted by molar-refractivity contribution is 0.390. The predicted octanol–water partition coefficient (Wildman–Crippen LogP) is 3.19. The summed E-state index contributed by atoms with van der Waals surface area (Å²) in [4.78, 5) is 12.5. The van der Waals surface area contributed by atoms with Crippen LogP contribution in [0.2, 0.25) is 0 Å². The van der Waals surface area contributed by atoms with Gasteiger partial charge in [-0.05, 0) is 30.3 Å². The Morgan fingerprint density at radius 1 is 0.917 bits per heavy atom. The van der Waals surface area contributed by atoms with E-state index in [1.165, 1.54) is 20.3 Å². The molecule has 0 fully saturated rings. The second kappa shape index (κ2) is 6.16. The molecular formula is C18H16O6. The van der Waals surface area contributed by atoms with Gasteiger partial charge in [0.1, 0.15) is 11.5 Å². The highest BCUT2D eigenvalue weighted by Crippen LogP contribution is 2.36. The van der Waals surface area contributed by atoms with Crippen molar-refractivity contribution in [2.45, 2.75) is 0 Å². The Bertz CT molecular complexity index is 940. The van der Waals surface area contributed by atoms with Crippen LogP contribution < -0.4 is 19.6 Å². The zero-order valence-electron chi connectivity index (χ0n) is 13.5. The molecule has 0 bridgehead atoms. The highest BCUT2D eigenvalue weighted by Gasteiger charge is 2.19. The second-order valence-corrected chi connectivity index (χ2v) is 5.04. The number of hydrogen-bond donors (Lipinski definition) is 1. The molecule has 24 heavy (non-hydrogen) atoms. The molecule has 3 rings (SSSR count). The quantitative estimate of drug-likeness (QED) is 0.792. The van der Waals surface area contributed by atoms with Gasteiger partial charge in [0.25, 0.3) is 0 Å². The first-order valence-corrected chi connectivity index (χ1v) is 7.15. The van der Waals surface area contributed by atoms with Crippen LogP contribution in [0.5, 0.6) is 23.0 Å². The molecule has 1 aromatic heterocycles. The third kappa shape index (κ3) is 2.52. The number of hydrogen-bond acceptors (Lipinski definition) is 6. The summed E-state index contributed by atoms with van der Waals surface area (Å²) < 4.78 is 21.3. The first-order chi connectivity index (χ1) is 11.6. The fourth-order valence-electron chi connectivity index (χ4n) is 2.44. The molecule has 3 aromatic rings. The minimum absolute atomic E-state index is 0.0682. The number of fused-ring (bicyclic) bond motifs is 1. The van der Waals surface area contributed by atoms with E-state index in [1.807, 2.05) is 0 Å². The standard InChI is InChI=1S/C18H16O6/c1-21-11-6-4-10(5-7-11)17-16(20)15(19)13-8-12(22-2)9-14(23-3)18(13)24-17/h4-9,20H,1-3H3. The molecule has 0 unspecified atom stereocenters. The topological polar surface area (TPSA) is 78.1 Å². The minimum Gasteiger partial charge on any atom is -0.502 e. The van der Waals surface area contributed by atoms with Crippen molar-refractivity contribution >= 4 is 11.0 Å². The van der Waals surface area contributed by atoms with Crippen LogP contribution in [0.1, 0.15) is 0 Å². The Hall–Kier alpha value is -3.15. The van der Waals surface area contributed by atoms with Gasteiger partial charge < -0.3 is 23.7 Å². The molecule has 0 radical (unpaired) electrons. The van der Waals surface area contributed by atoms with Gasteiger partial charge in [-0.1, -0.05) is 0 Å². The summed E-state index contributed by atoms with van der Waals surface area (Å²) in [6.45, 7) is 0. The van der Waals surface area contributed by atoms with E-state index in [9.17, 15) is 9.90 Å². The van der Waals surface area contributed by atoms with Gasteiger partial charge in [0.2, 0.25) is 11.2 Å². The molecule has 6 heteroatoms. The van der Waals surface area contributed by atoms with Gasteiger partial charge in [-0.3, -0.25) is 4.79 Å². The van der Waals surface area contributed by atoms with E-state index in [-0.39, 0.29) is 16.7 Å². The maximum absolute atomic E-state index is 12.5. The van der Waals surface area contributed by atoms with Crippen LogP contribution in [-0.2, 0) is 0 Å². The van der Waals surface area contributed by atoms with Crippen molar-refractivity contribution in [3.8, 4) is 34.3 Å². The lowest BCUT2D eigenvalue weighted by atomic mass is 10.1. The second-order valence-electron chi connectivity index (χ2n) is 5.04. The van der Waals surface area contributed by atoms with Crippen LogP contribution in [0.15, 0.2) is 45.6 Å². The van der Waals surface area contributed by atoms with E-state index in [1.54, 1.807) is 37.4 Å². The van der Waals surface area contributed by atoms with E-state index in [2.05, 4.69) is 0 Å². The van der Waals surface area contributed by atoms with Crippen LogP contribution in [-0.4, -0.2) is 26.4 Å². The minimum atomic E-state index is -0.556. The Balaban J connectivity index is 2.30. The summed E-state index contributed by atoms with van der Waals surface area (Å²) in [5, 5.41) is 10.5. The van der Waals surface area contributed by atoms with Crippen LogP contribution in [0, 0.1) is 0 Å². The number of aromatic hydroxyl groups is 1. The molecule has 124 valence electrons. The largest absolute Gasteiger partial charge is 0.502 e.